The summed E-state index contributed by atoms with van der Waals surface area (Å²) >= 11 is 23.7. The van der Waals surface area contributed by atoms with Crippen LogP contribution in [0.15, 0.2) is 0 Å². The van der Waals surface area contributed by atoms with Crippen molar-refractivity contribution in [1.82, 2.24) is 0 Å². The van der Waals surface area contributed by atoms with Crippen molar-refractivity contribution in [1.29, 1.82) is 0 Å². The molecule has 0 fully saturated rings. The highest BCUT2D eigenvalue weighted by Gasteiger charge is 2.29. The normalized spacial score (nSPS) is 17.2. The second-order valence-electron chi connectivity index (χ2n) is 6.37. The molecule has 0 bridgehead atoms. The van der Waals surface area contributed by atoms with Crippen LogP contribution in [0.4, 0.5) is 0 Å². The molecule has 0 aliphatic rings. The maximum absolute atomic E-state index is 12.1. The Morgan fingerprint density at radius 1 is 0.821 bits per heavy atom. The Morgan fingerprint density at radius 3 is 1.29 bits per heavy atom. The van der Waals surface area contributed by atoms with E-state index >= 15 is 0 Å². The van der Waals surface area contributed by atoms with E-state index in [1.54, 1.807) is 20.8 Å². The summed E-state index contributed by atoms with van der Waals surface area (Å²) in [4.78, 5) is 0. The zero-order valence-electron chi connectivity index (χ0n) is 16.5. The average Bonchev–Trinajstić information content (AvgIpc) is 2.63. The van der Waals surface area contributed by atoms with Gasteiger partial charge in [0, 0.05) is 16.1 Å². The standard InChI is InChI=1S/C9H18Cl3O4P.C7H14Br2O2/c1-7(10)4-14-17(13,15-5-8(2)11)16-6-9(3)12;8-3-1-7(5-10,6-11)2-4-9/h7-9H,4-6H2,1-3H3;10-11H,1-6H2. The molecule has 3 unspecified atom stereocenters. The Morgan fingerprint density at radius 2 is 1.11 bits per heavy atom. The lowest BCUT2D eigenvalue weighted by Gasteiger charge is -2.27. The van der Waals surface area contributed by atoms with Crippen LogP contribution >= 0.6 is 74.5 Å². The predicted octanol–water partition coefficient (Wildman–Crippen LogP) is 5.55. The van der Waals surface area contributed by atoms with E-state index < -0.39 is 7.82 Å². The summed E-state index contributed by atoms with van der Waals surface area (Å²) in [5.74, 6) is 0. The third-order valence-corrected chi connectivity index (χ3v) is 5.87. The number of aliphatic hydroxyl groups excluding tert-OH is 2. The molecule has 0 aliphatic carbocycles. The Labute approximate surface area is 200 Å². The molecule has 172 valence electrons. The lowest BCUT2D eigenvalue weighted by molar-refractivity contribution is 0.0504. The van der Waals surface area contributed by atoms with Crippen LogP contribution in [0.5, 0.6) is 0 Å². The topological polar surface area (TPSA) is 85.2 Å². The second-order valence-corrected chi connectivity index (χ2v) is 11.9. The quantitative estimate of drug-likeness (QED) is 0.185. The van der Waals surface area contributed by atoms with Gasteiger partial charge in [-0.05, 0) is 33.6 Å². The fourth-order valence-electron chi connectivity index (χ4n) is 1.59. The predicted molar refractivity (Wildman–Crippen MR) is 125 cm³/mol. The molecule has 0 heterocycles. The zero-order valence-corrected chi connectivity index (χ0v) is 22.8. The van der Waals surface area contributed by atoms with Crippen LogP contribution in [-0.2, 0) is 18.1 Å². The summed E-state index contributed by atoms with van der Waals surface area (Å²) in [5, 5.41) is 18.8. The van der Waals surface area contributed by atoms with Gasteiger partial charge >= 0.3 is 7.82 Å². The maximum atomic E-state index is 12.1. The van der Waals surface area contributed by atoms with Crippen LogP contribution in [0, 0.1) is 5.41 Å². The molecule has 0 saturated carbocycles. The Kier molecular flexibility index (Phi) is 21.1. The largest absolute Gasteiger partial charge is 0.474 e. The fraction of sp³-hybridized carbons (Fsp3) is 1.00. The minimum Gasteiger partial charge on any atom is -0.396 e. The van der Waals surface area contributed by atoms with Crippen molar-refractivity contribution in [3.63, 3.8) is 0 Å². The van der Waals surface area contributed by atoms with Crippen LogP contribution in [0.25, 0.3) is 0 Å². The first-order valence-electron chi connectivity index (χ1n) is 8.79. The van der Waals surface area contributed by atoms with Crippen molar-refractivity contribution in [3.8, 4) is 0 Å². The van der Waals surface area contributed by atoms with Crippen LogP contribution in [0.1, 0.15) is 33.6 Å². The first-order chi connectivity index (χ1) is 13.0. The molecular formula is C16H32Br2Cl3O6P. The molecule has 0 spiro atoms. The molecule has 0 radical (unpaired) electrons. The maximum Gasteiger partial charge on any atom is 0.474 e. The van der Waals surface area contributed by atoms with Crippen molar-refractivity contribution >= 4 is 74.5 Å². The van der Waals surface area contributed by atoms with E-state index in [1.807, 2.05) is 0 Å². The lowest BCUT2D eigenvalue weighted by atomic mass is 9.84. The zero-order chi connectivity index (χ0) is 22.2. The molecule has 0 amide bonds. The highest BCUT2D eigenvalue weighted by molar-refractivity contribution is 9.09. The summed E-state index contributed by atoms with van der Waals surface area (Å²) < 4.78 is 27.2. The molecule has 0 rings (SSSR count). The summed E-state index contributed by atoms with van der Waals surface area (Å²) in [6, 6.07) is 0. The molecule has 0 aromatic heterocycles. The fourth-order valence-corrected chi connectivity index (χ4v) is 5.16. The van der Waals surface area contributed by atoms with Crippen molar-refractivity contribution in [2.45, 2.75) is 49.7 Å². The van der Waals surface area contributed by atoms with E-state index in [4.69, 9.17) is 58.6 Å². The minimum absolute atomic E-state index is 0.0562. The van der Waals surface area contributed by atoms with E-state index in [2.05, 4.69) is 31.9 Å². The summed E-state index contributed by atoms with van der Waals surface area (Å²) in [5.41, 5.74) is -0.299. The van der Waals surface area contributed by atoms with Gasteiger partial charge in [0.1, 0.15) is 0 Å². The highest BCUT2D eigenvalue weighted by Crippen LogP contribution is 2.50. The van der Waals surface area contributed by atoms with Gasteiger partial charge in [0.15, 0.2) is 0 Å². The minimum atomic E-state index is -3.63. The molecule has 28 heavy (non-hydrogen) atoms. The number of phosphoric ester groups is 1. The third-order valence-electron chi connectivity index (χ3n) is 3.31. The van der Waals surface area contributed by atoms with Crippen LogP contribution in [0.3, 0.4) is 0 Å². The summed E-state index contributed by atoms with van der Waals surface area (Å²) in [6.45, 7) is 5.42. The summed E-state index contributed by atoms with van der Waals surface area (Å²) in [7, 11) is -3.63. The molecule has 0 saturated heterocycles. The number of aliphatic hydroxyl groups is 2. The molecule has 0 aromatic carbocycles. The number of phosphoric acid groups is 1. The molecule has 0 aliphatic heterocycles. The van der Waals surface area contributed by atoms with Gasteiger partial charge in [0.05, 0.1) is 49.2 Å². The van der Waals surface area contributed by atoms with Gasteiger partial charge < -0.3 is 10.2 Å². The molecule has 3 atom stereocenters. The third kappa shape index (κ3) is 17.5. The van der Waals surface area contributed by atoms with Gasteiger partial charge in [-0.15, -0.1) is 34.8 Å². The van der Waals surface area contributed by atoms with Gasteiger partial charge in [-0.1, -0.05) is 31.9 Å². The number of rotatable bonds is 15. The van der Waals surface area contributed by atoms with Gasteiger partial charge in [-0.2, -0.15) is 0 Å². The molecule has 2 N–H and O–H groups in total. The Hall–Kier alpha value is 1.86. The SMILES string of the molecule is CC(Cl)COP(=O)(OCC(C)Cl)OCC(C)Cl.OCC(CO)(CCBr)CCBr. The first kappa shape index (κ1) is 32.0. The van der Waals surface area contributed by atoms with Gasteiger partial charge in [0.2, 0.25) is 0 Å². The van der Waals surface area contributed by atoms with E-state index in [1.165, 1.54) is 0 Å². The molecule has 6 nitrogen and oxygen atoms in total. The second kappa shape index (κ2) is 18.4. The summed E-state index contributed by atoms with van der Waals surface area (Å²) in [6.07, 6.45) is 1.62. The smallest absolute Gasteiger partial charge is 0.396 e. The van der Waals surface area contributed by atoms with Crippen LogP contribution in [-0.4, -0.2) is 70.0 Å². The lowest BCUT2D eigenvalue weighted by Crippen LogP contribution is -2.30. The van der Waals surface area contributed by atoms with Crippen molar-refractivity contribution < 1.29 is 28.3 Å². The number of halogens is 5. The highest BCUT2D eigenvalue weighted by atomic mass is 79.9. The van der Waals surface area contributed by atoms with Crippen molar-refractivity contribution in [3.05, 3.63) is 0 Å². The van der Waals surface area contributed by atoms with Crippen molar-refractivity contribution in [2.75, 3.05) is 43.7 Å². The van der Waals surface area contributed by atoms with E-state index in [-0.39, 0.29) is 54.6 Å². The number of alkyl halides is 5. The van der Waals surface area contributed by atoms with E-state index in [0.29, 0.717) is 0 Å². The van der Waals surface area contributed by atoms with Gasteiger partial charge in [0.25, 0.3) is 0 Å². The molecule has 12 heteroatoms. The van der Waals surface area contributed by atoms with Crippen LogP contribution < -0.4 is 0 Å². The van der Waals surface area contributed by atoms with Gasteiger partial charge in [-0.3, -0.25) is 13.6 Å². The first-order valence-corrected chi connectivity index (χ1v) is 13.8. The van der Waals surface area contributed by atoms with E-state index in [0.717, 1.165) is 23.5 Å². The average molecular weight is 618 g/mol. The number of hydrogen-bond acceptors (Lipinski definition) is 6. The van der Waals surface area contributed by atoms with E-state index in [9.17, 15) is 4.57 Å². The number of hydrogen-bond donors (Lipinski definition) is 2. The monoisotopic (exact) mass is 614 g/mol. The Bertz CT molecular complexity index is 370. The van der Waals surface area contributed by atoms with Gasteiger partial charge in [-0.25, -0.2) is 4.57 Å². The van der Waals surface area contributed by atoms with Crippen LogP contribution in [0.2, 0.25) is 0 Å². The van der Waals surface area contributed by atoms with Crippen molar-refractivity contribution in [2.24, 2.45) is 5.41 Å². The molecule has 0 aromatic rings. The molecular weight excluding hydrogens is 585 g/mol. The Balaban J connectivity index is 0.